The largest absolute Gasteiger partial charge is 0.302 e. The molecule has 2 aromatic heterocycles. The molecule has 0 unspecified atom stereocenters. The van der Waals surface area contributed by atoms with Crippen LogP contribution in [0.5, 0.6) is 0 Å². The second kappa shape index (κ2) is 6.05. The van der Waals surface area contributed by atoms with Gasteiger partial charge < -0.3 is 4.57 Å². The lowest BCUT2D eigenvalue weighted by atomic mass is 9.92. The van der Waals surface area contributed by atoms with E-state index in [4.69, 9.17) is 0 Å². The Morgan fingerprint density at radius 3 is 2.52 bits per heavy atom. The van der Waals surface area contributed by atoms with E-state index in [2.05, 4.69) is 4.98 Å². The number of halogens is 2. The molecule has 29 heavy (non-hydrogen) atoms. The minimum atomic E-state index is -0.948. The van der Waals surface area contributed by atoms with Gasteiger partial charge in [0.05, 0.1) is 29.4 Å². The number of hydrogen-bond donors (Lipinski definition) is 0. The lowest BCUT2D eigenvalue weighted by molar-refractivity contribution is -0.115. The molecule has 0 amide bonds. The maximum Gasteiger partial charge on any atom is 0.255 e. The second-order valence-corrected chi connectivity index (χ2v) is 8.04. The van der Waals surface area contributed by atoms with Gasteiger partial charge >= 0.3 is 0 Å². The summed E-state index contributed by atoms with van der Waals surface area (Å²) in [5.74, 6) is -1.15. The van der Waals surface area contributed by atoms with Gasteiger partial charge in [-0.3, -0.25) is 9.59 Å². The van der Waals surface area contributed by atoms with Gasteiger partial charge in [0.1, 0.15) is 5.78 Å². The third-order valence-corrected chi connectivity index (χ3v) is 6.06. The van der Waals surface area contributed by atoms with Crippen LogP contribution in [-0.4, -0.2) is 15.3 Å². The molecular weight excluding hydrogens is 374 g/mol. The topological polar surface area (TPSA) is 52.0 Å². The van der Waals surface area contributed by atoms with Gasteiger partial charge in [-0.25, -0.2) is 13.8 Å². The molecule has 1 aromatic carbocycles. The molecule has 3 aromatic rings. The van der Waals surface area contributed by atoms with Crippen molar-refractivity contribution in [3.63, 3.8) is 0 Å². The van der Waals surface area contributed by atoms with Gasteiger partial charge in [0.15, 0.2) is 11.6 Å². The van der Waals surface area contributed by atoms with Crippen LogP contribution >= 0.6 is 0 Å². The standard InChI is InChI=1S/C23H19F2N2O2/c1-4-11-12-6-19-22-15(9-27(19)23(29)13(12)7-20(11)28)21(10(2)3)14-5-16(24)17(25)8-18(14)26-22/h5-6,8,10H,4,7,9H2,1-3H3. The molecule has 0 bridgehead atoms. The number of pyridine rings is 2. The summed E-state index contributed by atoms with van der Waals surface area (Å²) in [5, 5.41) is 0.571. The van der Waals surface area contributed by atoms with E-state index in [0.717, 1.165) is 17.2 Å². The molecule has 0 saturated carbocycles. The van der Waals surface area contributed by atoms with E-state index in [1.165, 1.54) is 6.07 Å². The molecule has 1 aliphatic carbocycles. The fourth-order valence-corrected chi connectivity index (χ4v) is 4.80. The number of hydrogen-bond acceptors (Lipinski definition) is 3. The minimum Gasteiger partial charge on any atom is -0.302 e. The number of ketones is 1. The molecule has 2 aliphatic rings. The van der Waals surface area contributed by atoms with Crippen molar-refractivity contribution in [2.75, 3.05) is 0 Å². The number of aromatic nitrogens is 2. The van der Waals surface area contributed by atoms with Gasteiger partial charge in [-0.2, -0.15) is 0 Å². The predicted octanol–water partition coefficient (Wildman–Crippen LogP) is 4.28. The van der Waals surface area contributed by atoms with Gasteiger partial charge in [0, 0.05) is 29.0 Å². The van der Waals surface area contributed by atoms with Crippen molar-refractivity contribution in [2.24, 2.45) is 0 Å². The molecule has 6 heteroatoms. The van der Waals surface area contributed by atoms with Crippen LogP contribution in [0.3, 0.4) is 0 Å². The third kappa shape index (κ3) is 2.38. The van der Waals surface area contributed by atoms with Crippen molar-refractivity contribution in [3.05, 3.63) is 68.4 Å². The lowest BCUT2D eigenvalue weighted by Gasteiger charge is -2.15. The summed E-state index contributed by atoms with van der Waals surface area (Å²) in [4.78, 5) is 30.1. The van der Waals surface area contributed by atoms with Gasteiger partial charge in [0.25, 0.3) is 5.56 Å². The molecule has 3 heterocycles. The Kier molecular flexibility index (Phi) is 3.79. The van der Waals surface area contributed by atoms with Crippen molar-refractivity contribution in [1.82, 2.24) is 9.55 Å². The van der Waals surface area contributed by atoms with E-state index in [1.807, 2.05) is 26.8 Å². The Labute approximate surface area is 166 Å². The summed E-state index contributed by atoms with van der Waals surface area (Å²) >= 11 is 0. The molecular formula is C23H19F2N2O2. The molecule has 0 spiro atoms. The first-order chi connectivity index (χ1) is 13.8. The van der Waals surface area contributed by atoms with Crippen molar-refractivity contribution < 1.29 is 13.6 Å². The van der Waals surface area contributed by atoms with Crippen molar-refractivity contribution >= 4 is 16.7 Å². The fraction of sp³-hybridized carbons (Fsp3) is 0.304. The van der Waals surface area contributed by atoms with Gasteiger partial charge in [-0.15, -0.1) is 0 Å². The summed E-state index contributed by atoms with van der Waals surface area (Å²) in [5.41, 5.74) is 4.43. The highest BCUT2D eigenvalue weighted by molar-refractivity contribution is 6.02. The van der Waals surface area contributed by atoms with Gasteiger partial charge in [-0.05, 0) is 35.6 Å². The summed E-state index contributed by atoms with van der Waals surface area (Å²) in [6, 6.07) is 4.17. The van der Waals surface area contributed by atoms with Crippen LogP contribution < -0.4 is 5.56 Å². The average molecular weight is 393 g/mol. The lowest BCUT2D eigenvalue weighted by Crippen LogP contribution is -2.23. The average Bonchev–Trinajstić information content (AvgIpc) is 3.18. The fourth-order valence-electron chi connectivity index (χ4n) is 4.80. The number of nitrogens with zero attached hydrogens (tertiary/aromatic N) is 2. The molecule has 0 N–H and O–H groups in total. The van der Waals surface area contributed by atoms with Crippen LogP contribution in [0.15, 0.2) is 23.0 Å². The Morgan fingerprint density at radius 1 is 1.10 bits per heavy atom. The number of fused-ring (bicyclic) bond motifs is 5. The maximum atomic E-state index is 14.0. The monoisotopic (exact) mass is 393 g/mol. The number of benzene rings is 1. The van der Waals surface area contributed by atoms with E-state index in [1.54, 1.807) is 4.57 Å². The number of carbonyl (C=O) groups excluding carboxylic acids is 1. The normalized spacial score (nSPS) is 15.3. The first kappa shape index (κ1) is 18.2. The van der Waals surface area contributed by atoms with E-state index in [-0.39, 0.29) is 23.7 Å². The van der Waals surface area contributed by atoms with E-state index in [0.29, 0.717) is 52.3 Å². The van der Waals surface area contributed by atoms with E-state index < -0.39 is 11.6 Å². The first-order valence-electron chi connectivity index (χ1n) is 9.79. The summed E-state index contributed by atoms with van der Waals surface area (Å²) in [7, 11) is 0. The molecule has 0 atom stereocenters. The molecule has 0 fully saturated rings. The molecule has 1 radical (unpaired) electrons. The van der Waals surface area contributed by atoms with Gasteiger partial charge in [-0.1, -0.05) is 20.8 Å². The highest BCUT2D eigenvalue weighted by Crippen LogP contribution is 2.41. The minimum absolute atomic E-state index is 0.00372. The Hall–Kier alpha value is -2.89. The SMILES string of the molecule is CC[C]1C(=O)Cc2c1cc1n(c2=O)Cc2c-1nc1cc(F)c(F)cc1c2C(C)C. The van der Waals surface area contributed by atoms with E-state index >= 15 is 0 Å². The second-order valence-electron chi connectivity index (χ2n) is 8.04. The zero-order valence-electron chi connectivity index (χ0n) is 16.4. The zero-order valence-corrected chi connectivity index (χ0v) is 16.4. The van der Waals surface area contributed by atoms with Crippen LogP contribution in [0.25, 0.3) is 22.3 Å². The highest BCUT2D eigenvalue weighted by atomic mass is 19.2. The maximum absolute atomic E-state index is 14.0. The first-order valence-corrected chi connectivity index (χ1v) is 9.79. The van der Waals surface area contributed by atoms with Crippen LogP contribution in [0, 0.1) is 17.6 Å². The van der Waals surface area contributed by atoms with Crippen molar-refractivity contribution in [3.8, 4) is 11.4 Å². The van der Waals surface area contributed by atoms with Crippen LogP contribution in [0.2, 0.25) is 0 Å². The van der Waals surface area contributed by atoms with Gasteiger partial charge in [0.2, 0.25) is 0 Å². The summed E-state index contributed by atoms with van der Waals surface area (Å²) in [6.07, 6.45) is 0.700. The molecule has 4 nitrogen and oxygen atoms in total. The molecule has 5 rings (SSSR count). The summed E-state index contributed by atoms with van der Waals surface area (Å²) in [6.45, 7) is 6.20. The number of carbonyl (C=O) groups is 1. The quantitative estimate of drug-likeness (QED) is 0.511. The smallest absolute Gasteiger partial charge is 0.255 e. The Morgan fingerprint density at radius 2 is 1.83 bits per heavy atom. The highest BCUT2D eigenvalue weighted by Gasteiger charge is 2.36. The van der Waals surface area contributed by atoms with Crippen LogP contribution in [0.1, 0.15) is 55.4 Å². The van der Waals surface area contributed by atoms with Crippen LogP contribution in [0.4, 0.5) is 8.78 Å². The molecule has 0 saturated heterocycles. The number of rotatable bonds is 2. The van der Waals surface area contributed by atoms with Crippen molar-refractivity contribution in [2.45, 2.75) is 46.1 Å². The zero-order chi connectivity index (χ0) is 20.6. The number of Topliss-reactive ketones (excluding diaryl/α,β-unsaturated/α-hetero) is 1. The predicted molar refractivity (Wildman–Crippen MR) is 106 cm³/mol. The van der Waals surface area contributed by atoms with Crippen LogP contribution in [-0.2, 0) is 17.8 Å². The molecule has 147 valence electrons. The Balaban J connectivity index is 1.85. The van der Waals surface area contributed by atoms with E-state index in [9.17, 15) is 18.4 Å². The third-order valence-electron chi connectivity index (χ3n) is 6.06. The summed E-state index contributed by atoms with van der Waals surface area (Å²) < 4.78 is 29.5. The molecule has 1 aliphatic heterocycles. The Bertz CT molecular complexity index is 1290. The van der Waals surface area contributed by atoms with Crippen molar-refractivity contribution in [1.29, 1.82) is 0 Å².